The summed E-state index contributed by atoms with van der Waals surface area (Å²) in [6.45, 7) is 4.45. The lowest BCUT2D eigenvalue weighted by molar-refractivity contribution is -0.123. The minimum absolute atomic E-state index is 0.0928. The third kappa shape index (κ3) is 3.40. The number of rotatable bonds is 4. The predicted octanol–water partition coefficient (Wildman–Crippen LogP) is 2.39. The first kappa shape index (κ1) is 13.2. The Bertz CT molecular complexity index is 434. The van der Waals surface area contributed by atoms with Crippen molar-refractivity contribution in [1.29, 1.82) is 0 Å². The zero-order valence-electron chi connectivity index (χ0n) is 11.1. The molecule has 0 radical (unpaired) electrons. The number of carbonyl (C=O) groups excluding carboxylic acids is 1. The van der Waals surface area contributed by atoms with Crippen molar-refractivity contribution < 1.29 is 9.53 Å². The molecule has 1 unspecified atom stereocenters. The summed E-state index contributed by atoms with van der Waals surface area (Å²) in [5.41, 5.74) is 7.89. The van der Waals surface area contributed by atoms with Gasteiger partial charge in [-0.3, -0.25) is 4.79 Å². The van der Waals surface area contributed by atoms with E-state index in [-0.39, 0.29) is 11.9 Å². The third-order valence-electron chi connectivity index (χ3n) is 3.16. The van der Waals surface area contributed by atoms with Crippen LogP contribution < -0.4 is 5.73 Å². The molecule has 0 fully saturated rings. The first-order chi connectivity index (χ1) is 8.46. The van der Waals surface area contributed by atoms with Crippen molar-refractivity contribution in [3.8, 4) is 0 Å². The number of ketones is 1. The molecule has 2 N–H and O–H groups in total. The van der Waals surface area contributed by atoms with Gasteiger partial charge in [0.1, 0.15) is 5.78 Å². The van der Waals surface area contributed by atoms with Crippen molar-refractivity contribution in [1.82, 2.24) is 0 Å². The van der Waals surface area contributed by atoms with Crippen molar-refractivity contribution in [2.24, 2.45) is 5.73 Å². The van der Waals surface area contributed by atoms with E-state index in [0.717, 1.165) is 12.0 Å². The second-order valence-electron chi connectivity index (χ2n) is 5.72. The molecule has 1 heterocycles. The maximum atomic E-state index is 12.0. The average Bonchev–Trinajstić information content (AvgIpc) is 2.27. The molecule has 1 aliphatic rings. The molecule has 0 saturated carbocycles. The molecule has 98 valence electrons. The van der Waals surface area contributed by atoms with Gasteiger partial charge in [-0.15, -0.1) is 0 Å². The second-order valence-corrected chi connectivity index (χ2v) is 5.72. The number of carbonyl (C=O) groups is 1. The Morgan fingerprint density at radius 3 is 2.89 bits per heavy atom. The molecule has 3 nitrogen and oxygen atoms in total. The maximum absolute atomic E-state index is 12.0. The summed E-state index contributed by atoms with van der Waals surface area (Å²) in [4.78, 5) is 12.0. The highest BCUT2D eigenvalue weighted by molar-refractivity contribution is 5.80. The minimum atomic E-state index is -0.439. The lowest BCUT2D eigenvalue weighted by Gasteiger charge is -2.26. The summed E-state index contributed by atoms with van der Waals surface area (Å²) in [5.74, 6) is 0.171. The van der Waals surface area contributed by atoms with E-state index in [1.807, 2.05) is 26.0 Å². The normalized spacial score (nSPS) is 19.4. The van der Waals surface area contributed by atoms with E-state index in [9.17, 15) is 4.79 Å². The smallest absolute Gasteiger partial charge is 0.137 e. The largest absolute Gasteiger partial charge is 0.373 e. The molecule has 0 bridgehead atoms. The van der Waals surface area contributed by atoms with Crippen molar-refractivity contribution >= 4 is 5.78 Å². The van der Waals surface area contributed by atoms with E-state index in [1.165, 1.54) is 5.56 Å². The summed E-state index contributed by atoms with van der Waals surface area (Å²) in [6, 6.07) is 8.20. The van der Waals surface area contributed by atoms with E-state index in [2.05, 4.69) is 12.1 Å². The Labute approximate surface area is 108 Å². The summed E-state index contributed by atoms with van der Waals surface area (Å²) in [5, 5.41) is 0. The standard InChI is InChI=1S/C15H21NO2/c1-15(2,16)10-12(17)9-14-13-6-4-3-5-11(13)7-8-18-14/h3-6,14H,7-10,16H2,1-2H3. The van der Waals surface area contributed by atoms with Crippen LogP contribution in [0.3, 0.4) is 0 Å². The average molecular weight is 247 g/mol. The molecule has 1 aliphatic heterocycles. The first-order valence-electron chi connectivity index (χ1n) is 6.46. The van der Waals surface area contributed by atoms with Crippen LogP contribution in [0, 0.1) is 0 Å². The second kappa shape index (κ2) is 5.21. The highest BCUT2D eigenvalue weighted by Crippen LogP contribution is 2.30. The molecule has 3 heteroatoms. The molecule has 0 aromatic heterocycles. The number of Topliss-reactive ketones (excluding diaryl/α,β-unsaturated/α-hetero) is 1. The highest BCUT2D eigenvalue weighted by Gasteiger charge is 2.25. The van der Waals surface area contributed by atoms with E-state index in [4.69, 9.17) is 10.5 Å². The third-order valence-corrected chi connectivity index (χ3v) is 3.16. The predicted molar refractivity (Wildman–Crippen MR) is 71.3 cm³/mol. The van der Waals surface area contributed by atoms with Crippen LogP contribution in [0.5, 0.6) is 0 Å². The number of hydrogen-bond donors (Lipinski definition) is 1. The monoisotopic (exact) mass is 247 g/mol. The molecule has 0 spiro atoms. The molecule has 1 aromatic rings. The quantitative estimate of drug-likeness (QED) is 0.888. The van der Waals surface area contributed by atoms with Gasteiger partial charge in [-0.2, -0.15) is 0 Å². The zero-order chi connectivity index (χ0) is 13.2. The van der Waals surface area contributed by atoms with Crippen LogP contribution in [-0.2, 0) is 16.0 Å². The van der Waals surface area contributed by atoms with E-state index < -0.39 is 5.54 Å². The molecule has 18 heavy (non-hydrogen) atoms. The summed E-state index contributed by atoms with van der Waals surface area (Å²) in [7, 11) is 0. The van der Waals surface area contributed by atoms with Crippen molar-refractivity contribution in [3.05, 3.63) is 35.4 Å². The first-order valence-corrected chi connectivity index (χ1v) is 6.46. The fraction of sp³-hybridized carbons (Fsp3) is 0.533. The highest BCUT2D eigenvalue weighted by atomic mass is 16.5. The van der Waals surface area contributed by atoms with Gasteiger partial charge < -0.3 is 10.5 Å². The number of benzene rings is 1. The molecule has 2 rings (SSSR count). The summed E-state index contributed by atoms with van der Waals surface area (Å²) >= 11 is 0. The van der Waals surface area contributed by atoms with Gasteiger partial charge in [0.25, 0.3) is 0 Å². The Balaban J connectivity index is 2.05. The fourth-order valence-electron chi connectivity index (χ4n) is 2.43. The number of ether oxygens (including phenoxy) is 1. The van der Waals surface area contributed by atoms with E-state index >= 15 is 0 Å². The van der Waals surface area contributed by atoms with Crippen LogP contribution in [0.2, 0.25) is 0 Å². The number of nitrogens with two attached hydrogens (primary N) is 1. The Morgan fingerprint density at radius 2 is 2.17 bits per heavy atom. The molecule has 1 aromatic carbocycles. The molecule has 0 aliphatic carbocycles. The van der Waals surface area contributed by atoms with E-state index in [1.54, 1.807) is 0 Å². The minimum Gasteiger partial charge on any atom is -0.373 e. The SMILES string of the molecule is CC(C)(N)CC(=O)CC1OCCc2ccccc21. The van der Waals surface area contributed by atoms with Crippen LogP contribution in [0.4, 0.5) is 0 Å². The van der Waals surface area contributed by atoms with Crippen LogP contribution in [0.25, 0.3) is 0 Å². The van der Waals surface area contributed by atoms with Gasteiger partial charge in [0.2, 0.25) is 0 Å². The van der Waals surface area contributed by atoms with Gasteiger partial charge in [0.15, 0.2) is 0 Å². The van der Waals surface area contributed by atoms with Gasteiger partial charge in [-0.25, -0.2) is 0 Å². The van der Waals surface area contributed by atoms with Crippen LogP contribution in [-0.4, -0.2) is 17.9 Å². The van der Waals surface area contributed by atoms with Crippen LogP contribution in [0.1, 0.15) is 43.9 Å². The van der Waals surface area contributed by atoms with Crippen LogP contribution in [0.15, 0.2) is 24.3 Å². The summed E-state index contributed by atoms with van der Waals surface area (Å²) < 4.78 is 5.73. The lowest BCUT2D eigenvalue weighted by atomic mass is 9.91. The Morgan fingerprint density at radius 1 is 1.44 bits per heavy atom. The fourth-order valence-corrected chi connectivity index (χ4v) is 2.43. The van der Waals surface area contributed by atoms with Gasteiger partial charge >= 0.3 is 0 Å². The van der Waals surface area contributed by atoms with Crippen molar-refractivity contribution in [2.45, 2.75) is 44.8 Å². The lowest BCUT2D eigenvalue weighted by Crippen LogP contribution is -2.35. The van der Waals surface area contributed by atoms with E-state index in [0.29, 0.717) is 19.4 Å². The van der Waals surface area contributed by atoms with Crippen molar-refractivity contribution in [3.63, 3.8) is 0 Å². The van der Waals surface area contributed by atoms with Crippen molar-refractivity contribution in [2.75, 3.05) is 6.61 Å². The Kier molecular flexibility index (Phi) is 3.83. The molecular formula is C15H21NO2. The topological polar surface area (TPSA) is 52.3 Å². The molecule has 1 atom stereocenters. The molecule has 0 amide bonds. The number of hydrogen-bond acceptors (Lipinski definition) is 3. The Hall–Kier alpha value is -1.19. The van der Waals surface area contributed by atoms with Gasteiger partial charge in [0, 0.05) is 18.4 Å². The van der Waals surface area contributed by atoms with Gasteiger partial charge in [-0.1, -0.05) is 24.3 Å². The van der Waals surface area contributed by atoms with Crippen LogP contribution >= 0.6 is 0 Å². The summed E-state index contributed by atoms with van der Waals surface area (Å²) in [6.07, 6.45) is 1.67. The maximum Gasteiger partial charge on any atom is 0.137 e. The molecule has 0 saturated heterocycles. The van der Waals surface area contributed by atoms with Gasteiger partial charge in [-0.05, 0) is 31.4 Å². The zero-order valence-corrected chi connectivity index (χ0v) is 11.1. The van der Waals surface area contributed by atoms with Gasteiger partial charge in [0.05, 0.1) is 12.7 Å². The number of fused-ring (bicyclic) bond motifs is 1. The molecular weight excluding hydrogens is 226 g/mol.